The third-order valence-corrected chi connectivity index (χ3v) is 4.75. The Labute approximate surface area is 149 Å². The fraction of sp³-hybridized carbons (Fsp3) is 0.647. The lowest BCUT2D eigenvalue weighted by atomic mass is 9.96. The summed E-state index contributed by atoms with van der Waals surface area (Å²) in [7, 11) is 2.03. The van der Waals surface area contributed by atoms with Crippen LogP contribution in [-0.2, 0) is 6.54 Å². The van der Waals surface area contributed by atoms with Gasteiger partial charge in [0.05, 0.1) is 18.2 Å². The normalized spacial score (nSPS) is 19.0. The molecule has 0 aliphatic carbocycles. The highest BCUT2D eigenvalue weighted by atomic mass is 35.5. The zero-order chi connectivity index (χ0) is 15.4. The maximum atomic E-state index is 6.37. The van der Waals surface area contributed by atoms with Crippen LogP contribution < -0.4 is 14.8 Å². The molecule has 2 heterocycles. The van der Waals surface area contributed by atoms with Crippen LogP contribution in [0.1, 0.15) is 24.8 Å². The van der Waals surface area contributed by atoms with Crippen LogP contribution in [0.4, 0.5) is 0 Å². The van der Waals surface area contributed by atoms with Crippen molar-refractivity contribution in [2.45, 2.75) is 25.8 Å². The molecule has 0 amide bonds. The van der Waals surface area contributed by atoms with E-state index in [9.17, 15) is 0 Å². The van der Waals surface area contributed by atoms with Crippen molar-refractivity contribution in [3.63, 3.8) is 0 Å². The molecule has 1 saturated heterocycles. The van der Waals surface area contributed by atoms with Gasteiger partial charge >= 0.3 is 0 Å². The average Bonchev–Trinajstić information content (AvgIpc) is 2.75. The Morgan fingerprint density at radius 3 is 2.70 bits per heavy atom. The molecule has 1 fully saturated rings. The molecule has 0 unspecified atom stereocenters. The second kappa shape index (κ2) is 8.97. The summed E-state index contributed by atoms with van der Waals surface area (Å²) in [6.07, 6.45) is 3.43. The molecule has 0 atom stereocenters. The van der Waals surface area contributed by atoms with Crippen LogP contribution >= 0.6 is 24.0 Å². The van der Waals surface area contributed by atoms with E-state index in [1.807, 2.05) is 13.1 Å². The molecule has 2 aliphatic rings. The zero-order valence-corrected chi connectivity index (χ0v) is 15.2. The molecule has 1 aromatic rings. The van der Waals surface area contributed by atoms with Gasteiger partial charge in [0.25, 0.3) is 0 Å². The predicted molar refractivity (Wildman–Crippen MR) is 96.2 cm³/mol. The van der Waals surface area contributed by atoms with Gasteiger partial charge in [-0.05, 0) is 63.1 Å². The molecule has 130 valence electrons. The molecule has 2 aliphatic heterocycles. The molecule has 0 radical (unpaired) electrons. The molecule has 23 heavy (non-hydrogen) atoms. The smallest absolute Gasteiger partial charge is 0.179 e. The van der Waals surface area contributed by atoms with Crippen LogP contribution in [0, 0.1) is 5.92 Å². The number of benzene rings is 1. The summed E-state index contributed by atoms with van der Waals surface area (Å²) < 4.78 is 11.5. The van der Waals surface area contributed by atoms with Crippen molar-refractivity contribution in [2.75, 3.05) is 39.9 Å². The number of nitrogens with one attached hydrogen (secondary N) is 1. The van der Waals surface area contributed by atoms with Crippen LogP contribution in [0.15, 0.2) is 12.1 Å². The lowest BCUT2D eigenvalue weighted by Crippen LogP contribution is -2.36. The first kappa shape index (κ1) is 18.7. The minimum Gasteiger partial charge on any atom is -0.489 e. The van der Waals surface area contributed by atoms with E-state index in [4.69, 9.17) is 21.1 Å². The molecule has 6 heteroatoms. The lowest BCUT2D eigenvalue weighted by molar-refractivity contribution is 0.176. The van der Waals surface area contributed by atoms with Gasteiger partial charge in [-0.1, -0.05) is 11.6 Å². The first-order valence-corrected chi connectivity index (χ1v) is 8.59. The largest absolute Gasteiger partial charge is 0.489 e. The molecular weight excluding hydrogens is 335 g/mol. The Bertz CT molecular complexity index is 506. The van der Waals surface area contributed by atoms with Crippen LogP contribution in [0.5, 0.6) is 11.5 Å². The minimum absolute atomic E-state index is 0. The number of likely N-dealkylation sites (tertiary alicyclic amines) is 1. The number of piperidine rings is 1. The Balaban J connectivity index is 0.00000192. The van der Waals surface area contributed by atoms with Gasteiger partial charge in [-0.15, -0.1) is 12.4 Å². The van der Waals surface area contributed by atoms with E-state index in [0.29, 0.717) is 24.0 Å². The third kappa shape index (κ3) is 4.90. The van der Waals surface area contributed by atoms with Crippen molar-refractivity contribution in [2.24, 2.45) is 5.92 Å². The van der Waals surface area contributed by atoms with E-state index in [0.717, 1.165) is 44.3 Å². The summed E-state index contributed by atoms with van der Waals surface area (Å²) in [6, 6.07) is 4.11. The summed E-state index contributed by atoms with van der Waals surface area (Å²) in [6.45, 7) is 5.73. The molecule has 0 spiro atoms. The van der Waals surface area contributed by atoms with Crippen molar-refractivity contribution in [3.05, 3.63) is 22.7 Å². The Morgan fingerprint density at radius 1 is 1.22 bits per heavy atom. The monoisotopic (exact) mass is 360 g/mol. The van der Waals surface area contributed by atoms with E-state index in [2.05, 4.69) is 16.3 Å². The van der Waals surface area contributed by atoms with E-state index < -0.39 is 0 Å². The van der Waals surface area contributed by atoms with Crippen molar-refractivity contribution in [1.29, 1.82) is 0 Å². The Hall–Kier alpha value is -0.680. The minimum atomic E-state index is 0. The van der Waals surface area contributed by atoms with Gasteiger partial charge < -0.3 is 14.8 Å². The Kier molecular flexibility index (Phi) is 7.28. The number of fused-ring (bicyclic) bond motifs is 1. The maximum absolute atomic E-state index is 6.37. The molecule has 0 bridgehead atoms. The van der Waals surface area contributed by atoms with Crippen LogP contribution in [-0.4, -0.2) is 44.8 Å². The van der Waals surface area contributed by atoms with Crippen molar-refractivity contribution in [1.82, 2.24) is 10.2 Å². The summed E-state index contributed by atoms with van der Waals surface area (Å²) in [5.74, 6) is 2.31. The molecule has 0 saturated carbocycles. The molecular formula is C17H26Cl2N2O2. The van der Waals surface area contributed by atoms with Crippen molar-refractivity contribution >= 4 is 24.0 Å². The topological polar surface area (TPSA) is 33.7 Å². The first-order valence-electron chi connectivity index (χ1n) is 8.21. The van der Waals surface area contributed by atoms with Crippen molar-refractivity contribution in [3.8, 4) is 11.5 Å². The number of nitrogens with zero attached hydrogens (tertiary/aromatic N) is 1. The number of hydrogen-bond donors (Lipinski definition) is 1. The number of halogens is 2. The third-order valence-electron chi connectivity index (χ3n) is 4.47. The number of ether oxygens (including phenoxy) is 2. The molecule has 1 aromatic carbocycles. The second-order valence-electron chi connectivity index (χ2n) is 6.23. The highest BCUT2D eigenvalue weighted by molar-refractivity contribution is 6.32. The zero-order valence-electron chi connectivity index (χ0n) is 13.6. The fourth-order valence-corrected chi connectivity index (χ4v) is 3.56. The van der Waals surface area contributed by atoms with E-state index in [-0.39, 0.29) is 12.4 Å². The summed E-state index contributed by atoms with van der Waals surface area (Å²) >= 11 is 6.37. The van der Waals surface area contributed by atoms with Gasteiger partial charge in [0.2, 0.25) is 0 Å². The maximum Gasteiger partial charge on any atom is 0.179 e. The molecule has 1 N–H and O–H groups in total. The quantitative estimate of drug-likeness (QED) is 0.892. The highest BCUT2D eigenvalue weighted by Gasteiger charge is 2.20. The lowest BCUT2D eigenvalue weighted by Gasteiger charge is -2.32. The standard InChI is InChI=1S/C17H25ClN2O2.ClH/c1-19-11-13-3-5-20(6-4-13)12-14-9-15(18)17-16(10-14)21-7-2-8-22-17;/h9-10,13,19H,2-8,11-12H2,1H3;1H. The van der Waals surface area contributed by atoms with Gasteiger partial charge in [-0.3, -0.25) is 4.90 Å². The van der Waals surface area contributed by atoms with Crippen molar-refractivity contribution < 1.29 is 9.47 Å². The molecule has 4 nitrogen and oxygen atoms in total. The summed E-state index contributed by atoms with van der Waals surface area (Å²) in [5.41, 5.74) is 1.21. The van der Waals surface area contributed by atoms with Gasteiger partial charge in [-0.25, -0.2) is 0 Å². The first-order chi connectivity index (χ1) is 10.8. The summed E-state index contributed by atoms with van der Waals surface area (Å²) in [5, 5.41) is 3.95. The van der Waals surface area contributed by atoms with Crippen LogP contribution in [0.25, 0.3) is 0 Å². The highest BCUT2D eigenvalue weighted by Crippen LogP contribution is 2.38. The average molecular weight is 361 g/mol. The number of hydrogen-bond acceptors (Lipinski definition) is 4. The van der Waals surface area contributed by atoms with Crippen LogP contribution in [0.2, 0.25) is 5.02 Å². The van der Waals surface area contributed by atoms with Crippen LogP contribution in [0.3, 0.4) is 0 Å². The van der Waals surface area contributed by atoms with E-state index in [1.165, 1.54) is 18.4 Å². The molecule has 3 rings (SSSR count). The number of rotatable bonds is 4. The van der Waals surface area contributed by atoms with Gasteiger partial charge in [0.1, 0.15) is 0 Å². The predicted octanol–water partition coefficient (Wildman–Crippen LogP) is 3.35. The second-order valence-corrected chi connectivity index (χ2v) is 6.64. The van der Waals surface area contributed by atoms with Gasteiger partial charge in [0.15, 0.2) is 11.5 Å². The molecule has 0 aromatic heterocycles. The Morgan fingerprint density at radius 2 is 1.96 bits per heavy atom. The fourth-order valence-electron chi connectivity index (χ4n) is 3.27. The SMILES string of the molecule is CNCC1CCN(Cc2cc(Cl)c3c(c2)OCCCO3)CC1.Cl. The van der Waals surface area contributed by atoms with E-state index in [1.54, 1.807) is 0 Å². The summed E-state index contributed by atoms with van der Waals surface area (Å²) in [4.78, 5) is 2.50. The van der Waals surface area contributed by atoms with E-state index >= 15 is 0 Å². The van der Waals surface area contributed by atoms with Gasteiger partial charge in [-0.2, -0.15) is 0 Å². The van der Waals surface area contributed by atoms with Gasteiger partial charge in [0, 0.05) is 13.0 Å².